The molecule has 2 aliphatic carbocycles. The quantitative estimate of drug-likeness (QED) is 0.780. The fraction of sp³-hybridized carbons (Fsp3) is 0.882. The summed E-state index contributed by atoms with van der Waals surface area (Å²) >= 11 is 0. The molecule has 3 aliphatic rings. The second-order valence-corrected chi connectivity index (χ2v) is 7.58. The van der Waals surface area contributed by atoms with Crippen LogP contribution in [0.15, 0.2) is 0 Å². The number of likely N-dealkylation sites (N-methyl/N-ethyl adjacent to an activating group) is 1. The van der Waals surface area contributed by atoms with Crippen LogP contribution in [-0.2, 0) is 9.59 Å². The average molecular weight is 307 g/mol. The summed E-state index contributed by atoms with van der Waals surface area (Å²) in [5.41, 5.74) is 0. The van der Waals surface area contributed by atoms with Gasteiger partial charge in [0.2, 0.25) is 11.8 Å². The Hall–Kier alpha value is -1.10. The van der Waals surface area contributed by atoms with Gasteiger partial charge in [0.1, 0.15) is 0 Å². The van der Waals surface area contributed by atoms with Crippen LogP contribution in [0.5, 0.6) is 0 Å². The maximum absolute atomic E-state index is 12.5. The van der Waals surface area contributed by atoms with Gasteiger partial charge in [0.05, 0.1) is 6.54 Å². The highest BCUT2D eigenvalue weighted by atomic mass is 16.2. The van der Waals surface area contributed by atoms with E-state index < -0.39 is 0 Å². The Bertz CT molecular complexity index is 430. The van der Waals surface area contributed by atoms with Gasteiger partial charge in [-0.3, -0.25) is 14.5 Å². The van der Waals surface area contributed by atoms with Crippen molar-refractivity contribution in [3.63, 3.8) is 0 Å². The highest BCUT2D eigenvalue weighted by Gasteiger charge is 2.40. The summed E-state index contributed by atoms with van der Waals surface area (Å²) in [6.07, 6.45) is 6.17. The Kier molecular flexibility index (Phi) is 4.71. The molecule has 22 heavy (non-hydrogen) atoms. The van der Waals surface area contributed by atoms with Crippen LogP contribution in [0.2, 0.25) is 0 Å². The highest BCUT2D eigenvalue weighted by Crippen LogP contribution is 2.49. The summed E-state index contributed by atoms with van der Waals surface area (Å²) in [7, 11) is 3.58. The molecule has 5 heteroatoms. The summed E-state index contributed by atoms with van der Waals surface area (Å²) in [5.74, 6) is 2.88. The predicted octanol–water partition coefficient (Wildman–Crippen LogP) is 1.05. The molecule has 1 heterocycles. The molecular weight excluding hydrogens is 278 g/mol. The van der Waals surface area contributed by atoms with Crippen molar-refractivity contribution in [2.24, 2.45) is 17.8 Å². The van der Waals surface area contributed by atoms with E-state index in [0.29, 0.717) is 18.4 Å². The second-order valence-electron chi connectivity index (χ2n) is 7.58. The Labute approximate surface area is 133 Å². The minimum atomic E-state index is 0.141. The minimum absolute atomic E-state index is 0.141. The third-order valence-corrected chi connectivity index (χ3v) is 5.90. The first kappa shape index (κ1) is 15.8. The third kappa shape index (κ3) is 3.45. The van der Waals surface area contributed by atoms with Gasteiger partial charge in [-0.15, -0.1) is 0 Å². The van der Waals surface area contributed by atoms with Crippen molar-refractivity contribution < 1.29 is 9.59 Å². The molecule has 124 valence electrons. The molecule has 3 rings (SSSR count). The maximum atomic E-state index is 12.5. The van der Waals surface area contributed by atoms with Gasteiger partial charge in [0.25, 0.3) is 0 Å². The second kappa shape index (κ2) is 6.57. The van der Waals surface area contributed by atoms with Crippen LogP contribution >= 0.6 is 0 Å². The van der Waals surface area contributed by atoms with Crippen LogP contribution in [0.3, 0.4) is 0 Å². The van der Waals surface area contributed by atoms with Crippen LogP contribution in [0.25, 0.3) is 0 Å². The van der Waals surface area contributed by atoms with Gasteiger partial charge in [0, 0.05) is 46.7 Å². The molecule has 0 aromatic heterocycles. The molecule has 0 unspecified atom stereocenters. The number of carbonyl (C=O) groups excluding carboxylic acids is 2. The summed E-state index contributed by atoms with van der Waals surface area (Å²) in [6.45, 7) is 3.67. The maximum Gasteiger partial charge on any atom is 0.236 e. The zero-order chi connectivity index (χ0) is 15.7. The van der Waals surface area contributed by atoms with Crippen LogP contribution in [0, 0.1) is 17.8 Å². The Balaban J connectivity index is 1.41. The monoisotopic (exact) mass is 307 g/mol. The number of hydrogen-bond acceptors (Lipinski definition) is 3. The Morgan fingerprint density at radius 1 is 1.05 bits per heavy atom. The van der Waals surface area contributed by atoms with Gasteiger partial charge in [0.15, 0.2) is 0 Å². The van der Waals surface area contributed by atoms with Crippen molar-refractivity contribution in [2.75, 3.05) is 46.8 Å². The Morgan fingerprint density at radius 2 is 1.77 bits per heavy atom. The summed E-state index contributed by atoms with van der Waals surface area (Å²) in [4.78, 5) is 30.0. The zero-order valence-corrected chi connectivity index (χ0v) is 14.0. The number of amides is 2. The number of fused-ring (bicyclic) bond motifs is 2. The first-order valence-corrected chi connectivity index (χ1v) is 8.73. The molecule has 0 spiro atoms. The highest BCUT2D eigenvalue weighted by molar-refractivity contribution is 5.78. The van der Waals surface area contributed by atoms with E-state index in [0.717, 1.165) is 44.4 Å². The van der Waals surface area contributed by atoms with E-state index in [9.17, 15) is 9.59 Å². The van der Waals surface area contributed by atoms with Crippen LogP contribution < -0.4 is 0 Å². The lowest BCUT2D eigenvalue weighted by atomic mass is 9.86. The molecule has 5 nitrogen and oxygen atoms in total. The summed E-state index contributed by atoms with van der Waals surface area (Å²) in [6, 6.07) is 0. The van der Waals surface area contributed by atoms with E-state index in [-0.39, 0.29) is 5.91 Å². The molecule has 1 aliphatic heterocycles. The molecule has 2 bridgehead atoms. The number of hydrogen-bond donors (Lipinski definition) is 0. The van der Waals surface area contributed by atoms with Gasteiger partial charge >= 0.3 is 0 Å². The third-order valence-electron chi connectivity index (χ3n) is 5.90. The molecule has 0 aromatic carbocycles. The van der Waals surface area contributed by atoms with E-state index in [2.05, 4.69) is 4.90 Å². The molecule has 3 atom stereocenters. The standard InChI is InChI=1S/C17H29N3O2/c1-18(2)17(22)12-19-5-7-20(8-6-19)16(21)11-15-10-13-3-4-14(15)9-13/h13-15H,3-12H2,1-2H3/t13-,14-,15+/m0/s1. The average Bonchev–Trinajstić information content (AvgIpc) is 3.10. The first-order chi connectivity index (χ1) is 10.5. The smallest absolute Gasteiger partial charge is 0.236 e. The molecule has 2 amide bonds. The predicted molar refractivity (Wildman–Crippen MR) is 85.3 cm³/mol. The SMILES string of the molecule is CN(C)C(=O)CN1CCN(C(=O)C[C@H]2C[C@H]3CC[C@H]2C3)CC1. The lowest BCUT2D eigenvalue weighted by Gasteiger charge is -2.35. The molecule has 1 saturated heterocycles. The van der Waals surface area contributed by atoms with Gasteiger partial charge in [-0.1, -0.05) is 6.42 Å². The van der Waals surface area contributed by atoms with Gasteiger partial charge in [-0.25, -0.2) is 0 Å². The fourth-order valence-electron chi connectivity index (χ4n) is 4.47. The van der Waals surface area contributed by atoms with Crippen LogP contribution in [0.1, 0.15) is 32.1 Å². The Morgan fingerprint density at radius 3 is 2.32 bits per heavy atom. The normalized spacial score (nSPS) is 31.5. The number of rotatable bonds is 4. The molecule has 2 saturated carbocycles. The van der Waals surface area contributed by atoms with Crippen molar-refractivity contribution in [2.45, 2.75) is 32.1 Å². The van der Waals surface area contributed by atoms with E-state index >= 15 is 0 Å². The minimum Gasteiger partial charge on any atom is -0.348 e. The van der Waals surface area contributed by atoms with Crippen molar-refractivity contribution in [1.29, 1.82) is 0 Å². The number of nitrogens with zero attached hydrogens (tertiary/aromatic N) is 3. The van der Waals surface area contributed by atoms with Crippen molar-refractivity contribution >= 4 is 11.8 Å². The lowest BCUT2D eigenvalue weighted by molar-refractivity contribution is -0.135. The molecule has 3 fully saturated rings. The largest absolute Gasteiger partial charge is 0.348 e. The van der Waals surface area contributed by atoms with Crippen molar-refractivity contribution in [3.8, 4) is 0 Å². The first-order valence-electron chi connectivity index (χ1n) is 8.73. The van der Waals surface area contributed by atoms with Crippen LogP contribution in [-0.4, -0.2) is 73.3 Å². The van der Waals surface area contributed by atoms with Crippen molar-refractivity contribution in [3.05, 3.63) is 0 Å². The molecule has 0 radical (unpaired) electrons. The lowest BCUT2D eigenvalue weighted by Crippen LogP contribution is -2.51. The molecule has 0 aromatic rings. The van der Waals surface area contributed by atoms with E-state index in [4.69, 9.17) is 0 Å². The van der Waals surface area contributed by atoms with Gasteiger partial charge < -0.3 is 9.80 Å². The van der Waals surface area contributed by atoms with E-state index in [1.807, 2.05) is 4.90 Å². The molecular formula is C17H29N3O2. The van der Waals surface area contributed by atoms with Crippen molar-refractivity contribution in [1.82, 2.24) is 14.7 Å². The zero-order valence-electron chi connectivity index (χ0n) is 14.0. The summed E-state index contributed by atoms with van der Waals surface area (Å²) in [5, 5.41) is 0. The van der Waals surface area contributed by atoms with Crippen LogP contribution in [0.4, 0.5) is 0 Å². The molecule has 0 N–H and O–H groups in total. The summed E-state index contributed by atoms with van der Waals surface area (Å²) < 4.78 is 0. The van der Waals surface area contributed by atoms with Gasteiger partial charge in [-0.2, -0.15) is 0 Å². The van der Waals surface area contributed by atoms with E-state index in [1.54, 1.807) is 19.0 Å². The van der Waals surface area contributed by atoms with Gasteiger partial charge in [-0.05, 0) is 37.0 Å². The van der Waals surface area contributed by atoms with E-state index in [1.165, 1.54) is 25.7 Å². The number of carbonyl (C=O) groups is 2. The topological polar surface area (TPSA) is 43.9 Å². The number of piperazine rings is 1. The fourth-order valence-corrected chi connectivity index (χ4v) is 4.47.